The number of sulfone groups is 1. The second kappa shape index (κ2) is 7.20. The van der Waals surface area contributed by atoms with Crippen molar-refractivity contribution in [2.24, 2.45) is 5.10 Å². The molecule has 0 aromatic heterocycles. The van der Waals surface area contributed by atoms with Crippen molar-refractivity contribution in [1.82, 2.24) is 0 Å². The van der Waals surface area contributed by atoms with Gasteiger partial charge in [0.05, 0.1) is 10.6 Å². The van der Waals surface area contributed by atoms with Gasteiger partial charge < -0.3 is 0 Å². The number of rotatable bonds is 3. The monoisotopic (exact) mass is 387 g/mol. The highest BCUT2D eigenvalue weighted by molar-refractivity contribution is 8.07. The molecule has 0 heterocycles. The molecule has 9 heteroatoms. The topological polar surface area (TPSA) is 82.3 Å². The molecule has 0 radical (unpaired) electrons. The number of hydrogen-bond acceptors (Lipinski definition) is 5. The number of benzene rings is 2. The van der Waals surface area contributed by atoms with Gasteiger partial charge in [-0.2, -0.15) is 10.4 Å². The van der Waals surface area contributed by atoms with Crippen LogP contribution in [0.2, 0.25) is 15.1 Å². The van der Waals surface area contributed by atoms with E-state index in [1.165, 1.54) is 42.5 Å². The van der Waals surface area contributed by atoms with E-state index in [4.69, 9.17) is 40.1 Å². The molecule has 5 nitrogen and oxygen atoms in total. The summed E-state index contributed by atoms with van der Waals surface area (Å²) < 4.78 is 24.7. The molecule has 118 valence electrons. The minimum absolute atomic E-state index is 0.0897. The number of nitrogens with zero attached hydrogens (tertiary/aromatic N) is 2. The Morgan fingerprint density at radius 1 is 1.00 bits per heavy atom. The van der Waals surface area contributed by atoms with E-state index in [0.717, 1.165) is 0 Å². The molecule has 0 saturated heterocycles. The molecule has 0 unspecified atom stereocenters. The molecule has 0 saturated carbocycles. The second-order valence-electron chi connectivity index (χ2n) is 4.26. The van der Waals surface area contributed by atoms with Crippen molar-refractivity contribution in [1.29, 1.82) is 5.26 Å². The largest absolute Gasteiger partial charge is 0.276 e. The highest BCUT2D eigenvalue weighted by atomic mass is 35.5. The first-order valence-corrected chi connectivity index (χ1v) is 8.65. The molecule has 2 aromatic rings. The van der Waals surface area contributed by atoms with Gasteiger partial charge in [0.15, 0.2) is 0 Å². The van der Waals surface area contributed by atoms with Gasteiger partial charge >= 0.3 is 0 Å². The molecular formula is C14H8Cl3N3O2S. The molecule has 0 atom stereocenters. The highest BCUT2D eigenvalue weighted by Gasteiger charge is 2.22. The highest BCUT2D eigenvalue weighted by Crippen LogP contribution is 2.23. The SMILES string of the molecule is N#C/C(=N/Nc1cc(Cl)cc(Cl)c1)S(=O)(=O)c1ccc(Cl)cc1. The summed E-state index contributed by atoms with van der Waals surface area (Å²) in [6.45, 7) is 0. The molecule has 1 N–H and O–H groups in total. The Morgan fingerprint density at radius 2 is 1.57 bits per heavy atom. The van der Waals surface area contributed by atoms with E-state index in [1.807, 2.05) is 0 Å². The number of anilines is 1. The number of hydrazone groups is 1. The van der Waals surface area contributed by atoms with Gasteiger partial charge in [0.1, 0.15) is 6.07 Å². The Morgan fingerprint density at radius 3 is 2.09 bits per heavy atom. The van der Waals surface area contributed by atoms with Crippen LogP contribution in [-0.4, -0.2) is 13.5 Å². The van der Waals surface area contributed by atoms with E-state index < -0.39 is 14.9 Å². The van der Waals surface area contributed by atoms with Crippen LogP contribution in [0.4, 0.5) is 5.69 Å². The molecule has 0 amide bonds. The summed E-state index contributed by atoms with van der Waals surface area (Å²) in [4.78, 5) is -0.0897. The third-order valence-corrected chi connectivity index (χ3v) is 4.90. The Balaban J connectivity index is 2.35. The van der Waals surface area contributed by atoms with E-state index in [1.54, 1.807) is 6.07 Å². The zero-order valence-electron chi connectivity index (χ0n) is 11.3. The van der Waals surface area contributed by atoms with Crippen molar-refractivity contribution < 1.29 is 8.42 Å². The Hall–Kier alpha value is -1.78. The fourth-order valence-corrected chi connectivity index (χ4v) is 3.26. The first kappa shape index (κ1) is 17.6. The predicted molar refractivity (Wildman–Crippen MR) is 91.8 cm³/mol. The minimum Gasteiger partial charge on any atom is -0.276 e. The summed E-state index contributed by atoms with van der Waals surface area (Å²) in [6, 6.07) is 11.4. The van der Waals surface area contributed by atoms with Crippen molar-refractivity contribution in [3.8, 4) is 6.07 Å². The predicted octanol–water partition coefficient (Wildman–Crippen LogP) is 4.37. The van der Waals surface area contributed by atoms with Crippen LogP contribution in [0.1, 0.15) is 0 Å². The molecular weight excluding hydrogens is 381 g/mol. The first-order chi connectivity index (χ1) is 10.8. The third kappa shape index (κ3) is 4.36. The van der Waals surface area contributed by atoms with Crippen LogP contribution in [0.3, 0.4) is 0 Å². The maximum absolute atomic E-state index is 12.3. The Labute approximate surface area is 148 Å². The molecule has 2 rings (SSSR count). The van der Waals surface area contributed by atoms with Gasteiger partial charge in [-0.05, 0) is 42.5 Å². The Bertz CT molecular complexity index is 884. The molecule has 0 fully saturated rings. The van der Waals surface area contributed by atoms with Crippen molar-refractivity contribution in [2.75, 3.05) is 5.43 Å². The second-order valence-corrected chi connectivity index (χ2v) is 7.43. The first-order valence-electron chi connectivity index (χ1n) is 6.03. The van der Waals surface area contributed by atoms with Crippen LogP contribution in [0, 0.1) is 11.3 Å². The molecule has 0 aliphatic rings. The van der Waals surface area contributed by atoms with E-state index >= 15 is 0 Å². The van der Waals surface area contributed by atoms with Gasteiger partial charge in [0, 0.05) is 15.1 Å². The average Bonchev–Trinajstić information content (AvgIpc) is 2.47. The van der Waals surface area contributed by atoms with E-state index in [0.29, 0.717) is 20.8 Å². The Kier molecular flexibility index (Phi) is 5.50. The standard InChI is InChI=1S/C14H8Cl3N3O2S/c15-9-1-3-13(4-2-9)23(21,22)14(8-18)20-19-12-6-10(16)5-11(17)7-12/h1-7,19H/b20-14-. The smallest absolute Gasteiger partial charge is 0.256 e. The fraction of sp³-hybridized carbons (Fsp3) is 0. The number of halogens is 3. The zero-order valence-corrected chi connectivity index (χ0v) is 14.4. The van der Waals surface area contributed by atoms with Crippen LogP contribution in [0.15, 0.2) is 52.5 Å². The van der Waals surface area contributed by atoms with Crippen LogP contribution in [-0.2, 0) is 9.84 Å². The zero-order chi connectivity index (χ0) is 17.0. The van der Waals surface area contributed by atoms with Gasteiger partial charge in [0.25, 0.3) is 5.04 Å². The van der Waals surface area contributed by atoms with Crippen molar-refractivity contribution in [3.63, 3.8) is 0 Å². The van der Waals surface area contributed by atoms with Crippen LogP contribution in [0.5, 0.6) is 0 Å². The number of nitrogens with one attached hydrogen (secondary N) is 1. The summed E-state index contributed by atoms with van der Waals surface area (Å²) in [6.07, 6.45) is 0. The third-order valence-electron chi connectivity index (χ3n) is 2.62. The summed E-state index contributed by atoms with van der Waals surface area (Å²) >= 11 is 17.4. The minimum atomic E-state index is -4.06. The molecule has 23 heavy (non-hydrogen) atoms. The molecule has 0 bridgehead atoms. The van der Waals surface area contributed by atoms with E-state index in [2.05, 4.69) is 10.5 Å². The lowest BCUT2D eigenvalue weighted by molar-refractivity contribution is 0.607. The maximum Gasteiger partial charge on any atom is 0.256 e. The summed E-state index contributed by atoms with van der Waals surface area (Å²) in [5, 5.41) is 13.1. The normalized spacial score (nSPS) is 11.8. The quantitative estimate of drug-likeness (QED) is 0.481. The molecule has 0 aliphatic heterocycles. The average molecular weight is 389 g/mol. The lowest BCUT2D eigenvalue weighted by Gasteiger charge is -2.05. The van der Waals surface area contributed by atoms with Gasteiger partial charge in [-0.3, -0.25) is 5.43 Å². The lowest BCUT2D eigenvalue weighted by atomic mass is 10.3. The molecule has 2 aromatic carbocycles. The van der Waals surface area contributed by atoms with Crippen LogP contribution < -0.4 is 5.43 Å². The number of nitriles is 1. The van der Waals surface area contributed by atoms with E-state index in [9.17, 15) is 8.42 Å². The van der Waals surface area contributed by atoms with Gasteiger partial charge in [-0.1, -0.05) is 34.8 Å². The molecule has 0 aliphatic carbocycles. The molecule has 0 spiro atoms. The lowest BCUT2D eigenvalue weighted by Crippen LogP contribution is -2.15. The van der Waals surface area contributed by atoms with Crippen LogP contribution >= 0.6 is 34.8 Å². The van der Waals surface area contributed by atoms with Gasteiger partial charge in [-0.15, -0.1) is 0 Å². The summed E-state index contributed by atoms with van der Waals surface area (Å²) in [5.41, 5.74) is 2.80. The van der Waals surface area contributed by atoms with Crippen molar-refractivity contribution >= 4 is 55.4 Å². The van der Waals surface area contributed by atoms with E-state index in [-0.39, 0.29) is 4.90 Å². The maximum atomic E-state index is 12.3. The van der Waals surface area contributed by atoms with Crippen molar-refractivity contribution in [2.45, 2.75) is 4.90 Å². The number of hydrogen-bond donors (Lipinski definition) is 1. The fourth-order valence-electron chi connectivity index (χ4n) is 1.60. The van der Waals surface area contributed by atoms with Crippen LogP contribution in [0.25, 0.3) is 0 Å². The van der Waals surface area contributed by atoms with Gasteiger partial charge in [-0.25, -0.2) is 8.42 Å². The van der Waals surface area contributed by atoms with Crippen molar-refractivity contribution in [3.05, 3.63) is 57.5 Å². The summed E-state index contributed by atoms with van der Waals surface area (Å²) in [5.74, 6) is 0. The van der Waals surface area contributed by atoms with Gasteiger partial charge in [0.2, 0.25) is 9.84 Å². The summed E-state index contributed by atoms with van der Waals surface area (Å²) in [7, 11) is -4.06.